The highest BCUT2D eigenvalue weighted by Crippen LogP contribution is 2.28. The van der Waals surface area contributed by atoms with Crippen molar-refractivity contribution in [2.45, 2.75) is 22.2 Å². The fourth-order valence-corrected chi connectivity index (χ4v) is 8.51. The Bertz CT molecular complexity index is 1050. The highest BCUT2D eigenvalue weighted by molar-refractivity contribution is 7.96. The van der Waals surface area contributed by atoms with Crippen LogP contribution >= 0.6 is 0 Å². The van der Waals surface area contributed by atoms with Gasteiger partial charge in [0.15, 0.2) is 19.7 Å². The third-order valence-corrected chi connectivity index (χ3v) is 9.63. The van der Waals surface area contributed by atoms with E-state index >= 15 is 0 Å². The number of nitrogens with zero attached hydrogens (tertiary/aromatic N) is 1. The largest absolute Gasteiger partial charge is 0.497 e. The van der Waals surface area contributed by atoms with Crippen molar-refractivity contribution in [1.29, 1.82) is 0 Å². The van der Waals surface area contributed by atoms with Gasteiger partial charge in [0, 0.05) is 18.6 Å². The molecular formula is C21H28N2O5S2. The Labute approximate surface area is 178 Å². The standard InChI is InChI=1S/C21H28N2O5S2/c1-23(2)20(16-7-5-4-6-8-16)13-22-19-14-29(24,25)15-21(19)30(26,27)18-11-9-17(28-3)10-12-18/h4-12,19-22H,13-15H2,1-3H3/t19-,20?,21-/m0/s1. The third kappa shape index (κ3) is 5.03. The van der Waals surface area contributed by atoms with Crippen LogP contribution in [0.5, 0.6) is 5.75 Å². The van der Waals surface area contributed by atoms with E-state index in [9.17, 15) is 16.8 Å². The van der Waals surface area contributed by atoms with Gasteiger partial charge in [-0.3, -0.25) is 0 Å². The molecule has 1 N–H and O–H groups in total. The minimum atomic E-state index is -3.83. The number of likely N-dealkylation sites (N-methyl/N-ethyl adjacent to an activating group) is 1. The quantitative estimate of drug-likeness (QED) is 0.649. The van der Waals surface area contributed by atoms with Crippen molar-refractivity contribution in [3.8, 4) is 5.75 Å². The molecule has 0 spiro atoms. The molecule has 1 heterocycles. The molecule has 1 fully saturated rings. The number of hydrogen-bond acceptors (Lipinski definition) is 7. The summed E-state index contributed by atoms with van der Waals surface area (Å²) in [5, 5.41) is 2.21. The molecule has 2 aromatic rings. The zero-order chi connectivity index (χ0) is 21.9. The molecule has 0 radical (unpaired) electrons. The molecule has 1 aliphatic heterocycles. The van der Waals surface area contributed by atoms with Gasteiger partial charge >= 0.3 is 0 Å². The summed E-state index contributed by atoms with van der Waals surface area (Å²) in [6, 6.07) is 15.2. The molecule has 2 aromatic carbocycles. The zero-order valence-electron chi connectivity index (χ0n) is 17.4. The fourth-order valence-electron chi connectivity index (χ4n) is 3.79. The highest BCUT2D eigenvalue weighted by atomic mass is 32.2. The van der Waals surface area contributed by atoms with Crippen LogP contribution in [0.4, 0.5) is 0 Å². The number of benzene rings is 2. The summed E-state index contributed by atoms with van der Waals surface area (Å²) >= 11 is 0. The van der Waals surface area contributed by atoms with Gasteiger partial charge in [-0.1, -0.05) is 30.3 Å². The predicted octanol–water partition coefficient (Wildman–Crippen LogP) is 1.53. The summed E-state index contributed by atoms with van der Waals surface area (Å²) in [5.74, 6) is -0.0294. The van der Waals surface area contributed by atoms with Crippen molar-refractivity contribution >= 4 is 19.7 Å². The SMILES string of the molecule is COc1ccc(S(=O)(=O)[C@H]2CS(=O)(=O)C[C@@H]2NCC(c2ccccc2)N(C)C)cc1. The molecule has 0 amide bonds. The van der Waals surface area contributed by atoms with Gasteiger partial charge in [-0.25, -0.2) is 16.8 Å². The first-order valence-electron chi connectivity index (χ1n) is 9.67. The summed E-state index contributed by atoms with van der Waals surface area (Å²) < 4.78 is 56.2. The van der Waals surface area contributed by atoms with E-state index in [4.69, 9.17) is 4.74 Å². The van der Waals surface area contributed by atoms with Crippen LogP contribution in [0.15, 0.2) is 59.5 Å². The monoisotopic (exact) mass is 452 g/mol. The average Bonchev–Trinajstić information content (AvgIpc) is 3.04. The molecule has 7 nitrogen and oxygen atoms in total. The Kier molecular flexibility index (Phi) is 6.86. The second-order valence-electron chi connectivity index (χ2n) is 7.74. The van der Waals surface area contributed by atoms with Gasteiger partial charge in [-0.2, -0.15) is 0 Å². The van der Waals surface area contributed by atoms with E-state index in [1.165, 1.54) is 19.2 Å². The lowest BCUT2D eigenvalue weighted by atomic mass is 10.1. The van der Waals surface area contributed by atoms with Gasteiger partial charge in [-0.05, 0) is 43.9 Å². The molecule has 9 heteroatoms. The third-order valence-electron chi connectivity index (χ3n) is 5.47. The van der Waals surface area contributed by atoms with Crippen molar-refractivity contribution < 1.29 is 21.6 Å². The minimum Gasteiger partial charge on any atom is -0.497 e. The number of ether oxygens (including phenoxy) is 1. The summed E-state index contributed by atoms with van der Waals surface area (Å²) in [6.07, 6.45) is 0. The lowest BCUT2D eigenvalue weighted by molar-refractivity contribution is 0.282. The maximum absolute atomic E-state index is 13.2. The van der Waals surface area contributed by atoms with E-state index in [1.807, 2.05) is 49.3 Å². The summed E-state index contributed by atoms with van der Waals surface area (Å²) in [4.78, 5) is 2.13. The van der Waals surface area contributed by atoms with Crippen molar-refractivity contribution in [2.75, 3.05) is 39.3 Å². The topological polar surface area (TPSA) is 92.8 Å². The Morgan fingerprint density at radius 3 is 2.27 bits per heavy atom. The van der Waals surface area contributed by atoms with Crippen molar-refractivity contribution in [2.24, 2.45) is 0 Å². The van der Waals surface area contributed by atoms with E-state index in [2.05, 4.69) is 5.32 Å². The molecule has 0 aliphatic carbocycles. The normalized spacial score (nSPS) is 22.1. The Hall–Kier alpha value is -1.94. The van der Waals surface area contributed by atoms with Crippen molar-refractivity contribution in [3.05, 3.63) is 60.2 Å². The van der Waals surface area contributed by atoms with Gasteiger partial charge in [0.1, 0.15) is 5.75 Å². The van der Waals surface area contributed by atoms with Crippen LogP contribution in [0.3, 0.4) is 0 Å². The number of nitrogens with one attached hydrogen (secondary N) is 1. The van der Waals surface area contributed by atoms with Crippen molar-refractivity contribution in [1.82, 2.24) is 10.2 Å². The maximum atomic E-state index is 13.2. The van der Waals surface area contributed by atoms with E-state index in [1.54, 1.807) is 12.1 Å². The molecule has 1 saturated heterocycles. The van der Waals surface area contributed by atoms with E-state index in [0.717, 1.165) is 5.56 Å². The van der Waals surface area contributed by atoms with Crippen molar-refractivity contribution in [3.63, 3.8) is 0 Å². The van der Waals surface area contributed by atoms with Gasteiger partial charge in [0.05, 0.1) is 28.8 Å². The van der Waals surface area contributed by atoms with Crippen LogP contribution < -0.4 is 10.1 Å². The van der Waals surface area contributed by atoms with Gasteiger partial charge in [-0.15, -0.1) is 0 Å². The molecule has 1 unspecified atom stereocenters. The molecule has 1 aliphatic rings. The van der Waals surface area contributed by atoms with Crippen LogP contribution in [-0.4, -0.2) is 72.3 Å². The van der Waals surface area contributed by atoms with Crippen LogP contribution in [0, 0.1) is 0 Å². The first kappa shape index (κ1) is 22.7. The fraction of sp³-hybridized carbons (Fsp3) is 0.429. The Morgan fingerprint density at radius 2 is 1.70 bits per heavy atom. The van der Waals surface area contributed by atoms with E-state index < -0.39 is 31.0 Å². The zero-order valence-corrected chi connectivity index (χ0v) is 19.0. The molecule has 3 rings (SSSR count). The average molecular weight is 453 g/mol. The Balaban J connectivity index is 1.83. The molecular weight excluding hydrogens is 424 g/mol. The van der Waals surface area contributed by atoms with E-state index in [0.29, 0.717) is 12.3 Å². The molecule has 0 aromatic heterocycles. The summed E-state index contributed by atoms with van der Waals surface area (Å²) in [5.41, 5.74) is 1.07. The summed E-state index contributed by atoms with van der Waals surface area (Å²) in [7, 11) is -1.91. The Morgan fingerprint density at radius 1 is 1.07 bits per heavy atom. The first-order chi connectivity index (χ1) is 14.1. The second kappa shape index (κ2) is 9.05. The van der Waals surface area contributed by atoms with Gasteiger partial charge in [0.2, 0.25) is 0 Å². The van der Waals surface area contributed by atoms with Crippen LogP contribution in [0.1, 0.15) is 11.6 Å². The maximum Gasteiger partial charge on any atom is 0.183 e. The molecule has 3 atom stereocenters. The van der Waals surface area contributed by atoms with Crippen LogP contribution in [-0.2, 0) is 19.7 Å². The van der Waals surface area contributed by atoms with Crippen LogP contribution in [0.2, 0.25) is 0 Å². The smallest absolute Gasteiger partial charge is 0.183 e. The first-order valence-corrected chi connectivity index (χ1v) is 13.0. The molecule has 164 valence electrons. The number of rotatable bonds is 8. The lowest BCUT2D eigenvalue weighted by Crippen LogP contribution is -2.46. The predicted molar refractivity (Wildman–Crippen MR) is 117 cm³/mol. The van der Waals surface area contributed by atoms with Crippen LogP contribution in [0.25, 0.3) is 0 Å². The minimum absolute atomic E-state index is 0.0150. The lowest BCUT2D eigenvalue weighted by Gasteiger charge is -2.28. The molecule has 0 bridgehead atoms. The van der Waals surface area contributed by atoms with E-state index in [-0.39, 0.29) is 22.4 Å². The highest BCUT2D eigenvalue weighted by Gasteiger charge is 2.45. The molecule has 0 saturated carbocycles. The summed E-state index contributed by atoms with van der Waals surface area (Å²) in [6.45, 7) is 0.436. The van der Waals surface area contributed by atoms with Gasteiger partial charge in [0.25, 0.3) is 0 Å². The number of sulfone groups is 2. The van der Waals surface area contributed by atoms with Gasteiger partial charge < -0.3 is 15.0 Å². The number of methoxy groups -OCH3 is 1. The second-order valence-corrected chi connectivity index (χ2v) is 12.1. The number of hydrogen-bond donors (Lipinski definition) is 1. The molecule has 30 heavy (non-hydrogen) atoms.